The summed E-state index contributed by atoms with van der Waals surface area (Å²) in [6.45, 7) is 3.22. The second kappa shape index (κ2) is 6.70. The van der Waals surface area contributed by atoms with Crippen LogP contribution in [0, 0.1) is 5.82 Å². The number of anilines is 1. The fourth-order valence-corrected chi connectivity index (χ4v) is 2.22. The molecule has 0 fully saturated rings. The summed E-state index contributed by atoms with van der Waals surface area (Å²) in [7, 11) is 1.96. The lowest BCUT2D eigenvalue weighted by atomic mass is 10.2. The lowest BCUT2D eigenvalue weighted by molar-refractivity contribution is 0.583. The Morgan fingerprint density at radius 3 is 2.73 bits per heavy atom. The molecule has 5 nitrogen and oxygen atoms in total. The van der Waals surface area contributed by atoms with Gasteiger partial charge in [-0.1, -0.05) is 23.4 Å². The van der Waals surface area contributed by atoms with Gasteiger partial charge in [-0.3, -0.25) is 0 Å². The maximum absolute atomic E-state index is 13.8. The minimum atomic E-state index is -0.235. The predicted octanol–water partition coefficient (Wildman–Crippen LogP) is 2.89. The van der Waals surface area contributed by atoms with E-state index in [9.17, 15) is 4.39 Å². The molecule has 1 aromatic carbocycles. The SMILES string of the molecule is CCN(C)c1nccc2c1nnn2Cc1ccccc1F.Cl. The van der Waals surface area contributed by atoms with Crippen molar-refractivity contribution in [1.29, 1.82) is 0 Å². The number of fused-ring (bicyclic) bond motifs is 1. The summed E-state index contributed by atoms with van der Waals surface area (Å²) < 4.78 is 15.5. The first-order chi connectivity index (χ1) is 10.2. The lowest BCUT2D eigenvalue weighted by Crippen LogP contribution is -2.17. The molecule has 0 aliphatic heterocycles. The van der Waals surface area contributed by atoms with Crippen molar-refractivity contribution in [1.82, 2.24) is 20.0 Å². The van der Waals surface area contributed by atoms with Gasteiger partial charge in [0.05, 0.1) is 12.1 Å². The maximum atomic E-state index is 13.8. The summed E-state index contributed by atoms with van der Waals surface area (Å²) in [5.41, 5.74) is 2.17. The highest BCUT2D eigenvalue weighted by molar-refractivity contribution is 5.85. The molecule has 0 N–H and O–H groups in total. The van der Waals surface area contributed by atoms with Gasteiger partial charge in [-0.2, -0.15) is 0 Å². The van der Waals surface area contributed by atoms with E-state index in [2.05, 4.69) is 15.3 Å². The first-order valence-corrected chi connectivity index (χ1v) is 6.83. The van der Waals surface area contributed by atoms with E-state index in [1.807, 2.05) is 31.0 Å². The molecule has 0 saturated heterocycles. The van der Waals surface area contributed by atoms with Crippen LogP contribution >= 0.6 is 12.4 Å². The van der Waals surface area contributed by atoms with Gasteiger partial charge in [-0.15, -0.1) is 17.5 Å². The molecule has 0 amide bonds. The van der Waals surface area contributed by atoms with Crippen molar-refractivity contribution in [3.63, 3.8) is 0 Å². The zero-order valence-electron chi connectivity index (χ0n) is 12.4. The second-order valence-corrected chi connectivity index (χ2v) is 4.85. The highest BCUT2D eigenvalue weighted by atomic mass is 35.5. The minimum Gasteiger partial charge on any atom is -0.358 e. The average Bonchev–Trinajstić information content (AvgIpc) is 2.92. The highest BCUT2D eigenvalue weighted by Gasteiger charge is 2.13. The van der Waals surface area contributed by atoms with E-state index >= 15 is 0 Å². The topological polar surface area (TPSA) is 46.8 Å². The van der Waals surface area contributed by atoms with Gasteiger partial charge in [0.2, 0.25) is 0 Å². The third-order valence-electron chi connectivity index (χ3n) is 3.53. The molecule has 0 radical (unpaired) electrons. The molecule has 7 heteroatoms. The summed E-state index contributed by atoms with van der Waals surface area (Å²) in [5, 5.41) is 8.34. The van der Waals surface area contributed by atoms with Crippen LogP contribution in [0.3, 0.4) is 0 Å². The van der Waals surface area contributed by atoms with Crippen molar-refractivity contribution >= 4 is 29.3 Å². The summed E-state index contributed by atoms with van der Waals surface area (Å²) >= 11 is 0. The number of aromatic nitrogens is 4. The highest BCUT2D eigenvalue weighted by Crippen LogP contribution is 2.21. The van der Waals surface area contributed by atoms with E-state index in [4.69, 9.17) is 0 Å². The maximum Gasteiger partial charge on any atom is 0.158 e. The molecule has 0 aliphatic carbocycles. The van der Waals surface area contributed by atoms with Crippen LogP contribution in [0.25, 0.3) is 11.0 Å². The summed E-state index contributed by atoms with van der Waals surface area (Å²) in [6, 6.07) is 8.55. The largest absolute Gasteiger partial charge is 0.358 e. The molecule has 0 unspecified atom stereocenters. The molecule has 116 valence electrons. The van der Waals surface area contributed by atoms with Gasteiger partial charge in [-0.25, -0.2) is 14.1 Å². The zero-order chi connectivity index (χ0) is 14.8. The van der Waals surface area contributed by atoms with Gasteiger partial charge in [0.15, 0.2) is 11.3 Å². The van der Waals surface area contributed by atoms with Crippen molar-refractivity contribution in [2.45, 2.75) is 13.5 Å². The van der Waals surface area contributed by atoms with Crippen LogP contribution in [0.15, 0.2) is 36.5 Å². The molecule has 0 atom stereocenters. The Hall–Kier alpha value is -2.21. The van der Waals surface area contributed by atoms with Gasteiger partial charge in [0.1, 0.15) is 5.82 Å². The van der Waals surface area contributed by atoms with Crippen molar-refractivity contribution in [3.05, 3.63) is 47.9 Å². The van der Waals surface area contributed by atoms with Crippen molar-refractivity contribution in [2.75, 3.05) is 18.5 Å². The van der Waals surface area contributed by atoms with Crippen molar-refractivity contribution in [3.8, 4) is 0 Å². The van der Waals surface area contributed by atoms with Crippen LogP contribution in [0.2, 0.25) is 0 Å². The number of pyridine rings is 1. The normalized spacial score (nSPS) is 10.5. The Morgan fingerprint density at radius 2 is 2.00 bits per heavy atom. The van der Waals surface area contributed by atoms with E-state index in [0.717, 1.165) is 23.4 Å². The summed E-state index contributed by atoms with van der Waals surface area (Å²) in [4.78, 5) is 6.36. The average molecular weight is 322 g/mol. The van der Waals surface area contributed by atoms with Crippen molar-refractivity contribution < 1.29 is 4.39 Å². The van der Waals surface area contributed by atoms with Gasteiger partial charge in [0, 0.05) is 25.4 Å². The molecule has 0 spiro atoms. The summed E-state index contributed by atoms with van der Waals surface area (Å²) in [6.07, 6.45) is 1.73. The Balaban J connectivity index is 0.00000176. The standard InChI is InChI=1S/C15H16FN5.ClH/c1-3-20(2)15-14-13(8-9-17-15)21(19-18-14)10-11-6-4-5-7-12(11)16;/h4-9H,3,10H2,1-2H3;1H. The number of hydrogen-bond acceptors (Lipinski definition) is 4. The van der Waals surface area contributed by atoms with Crippen LogP contribution < -0.4 is 4.90 Å². The fourth-order valence-electron chi connectivity index (χ4n) is 2.22. The van der Waals surface area contributed by atoms with Crippen LogP contribution in [0.5, 0.6) is 0 Å². The number of hydrogen-bond donors (Lipinski definition) is 0. The van der Waals surface area contributed by atoms with Crippen LogP contribution in [-0.4, -0.2) is 33.6 Å². The van der Waals surface area contributed by atoms with Crippen LogP contribution in [0.4, 0.5) is 10.2 Å². The Morgan fingerprint density at radius 1 is 1.23 bits per heavy atom. The number of benzene rings is 1. The van der Waals surface area contributed by atoms with E-state index < -0.39 is 0 Å². The number of rotatable bonds is 4. The van der Waals surface area contributed by atoms with Gasteiger partial charge in [0.25, 0.3) is 0 Å². The molecule has 22 heavy (non-hydrogen) atoms. The van der Waals surface area contributed by atoms with Gasteiger partial charge >= 0.3 is 0 Å². The third-order valence-corrected chi connectivity index (χ3v) is 3.53. The van der Waals surface area contributed by atoms with E-state index in [1.165, 1.54) is 6.07 Å². The molecule has 0 bridgehead atoms. The minimum absolute atomic E-state index is 0. The Bertz CT molecular complexity index is 773. The van der Waals surface area contributed by atoms with E-state index in [0.29, 0.717) is 12.1 Å². The molecular formula is C15H17ClFN5. The molecule has 3 rings (SSSR count). The van der Waals surface area contributed by atoms with E-state index in [1.54, 1.807) is 23.0 Å². The Labute approximate surface area is 134 Å². The molecular weight excluding hydrogens is 305 g/mol. The number of halogens is 2. The fraction of sp³-hybridized carbons (Fsp3) is 0.267. The molecule has 0 aliphatic rings. The first-order valence-electron chi connectivity index (χ1n) is 6.83. The van der Waals surface area contributed by atoms with Gasteiger partial charge < -0.3 is 4.90 Å². The first kappa shape index (κ1) is 16.2. The van der Waals surface area contributed by atoms with Gasteiger partial charge in [-0.05, 0) is 19.1 Å². The summed E-state index contributed by atoms with van der Waals surface area (Å²) in [5.74, 6) is 0.552. The molecule has 0 saturated carbocycles. The molecule has 3 aromatic rings. The van der Waals surface area contributed by atoms with Crippen molar-refractivity contribution in [2.24, 2.45) is 0 Å². The lowest BCUT2D eigenvalue weighted by Gasteiger charge is -2.15. The quantitative estimate of drug-likeness (QED) is 0.741. The monoisotopic (exact) mass is 321 g/mol. The zero-order valence-corrected chi connectivity index (χ0v) is 13.2. The van der Waals surface area contributed by atoms with Crippen LogP contribution in [0.1, 0.15) is 12.5 Å². The Kier molecular flexibility index (Phi) is 4.92. The van der Waals surface area contributed by atoms with E-state index in [-0.39, 0.29) is 18.2 Å². The van der Waals surface area contributed by atoms with Crippen LogP contribution in [-0.2, 0) is 6.54 Å². The molecule has 2 heterocycles. The smallest absolute Gasteiger partial charge is 0.158 e. The third kappa shape index (κ3) is 2.87. The second-order valence-electron chi connectivity index (χ2n) is 4.85. The predicted molar refractivity (Wildman–Crippen MR) is 87.0 cm³/mol. The molecule has 2 aromatic heterocycles. The number of nitrogens with zero attached hydrogens (tertiary/aromatic N) is 5.